The fourth-order valence-corrected chi connectivity index (χ4v) is 2.39. The van der Waals surface area contributed by atoms with Gasteiger partial charge in [-0.1, -0.05) is 41.9 Å². The predicted octanol–water partition coefficient (Wildman–Crippen LogP) is 4.50. The molecule has 0 spiro atoms. The topological polar surface area (TPSA) is 4.93 Å². The minimum absolute atomic E-state index is 0.780. The lowest BCUT2D eigenvalue weighted by molar-refractivity contribution is 0.978. The van der Waals surface area contributed by atoms with Crippen LogP contribution in [0.3, 0.4) is 0 Å². The van der Waals surface area contributed by atoms with Crippen LogP contribution in [0.25, 0.3) is 22.2 Å². The van der Waals surface area contributed by atoms with Gasteiger partial charge in [-0.2, -0.15) is 0 Å². The molecule has 2 heteroatoms. The van der Waals surface area contributed by atoms with E-state index in [-0.39, 0.29) is 0 Å². The highest BCUT2D eigenvalue weighted by atomic mass is 35.5. The first kappa shape index (κ1) is 10.4. The Labute approximate surface area is 105 Å². The fraction of sp³-hybridized carbons (Fsp3) is 0.0667. The molecular weight excluding hydrogens is 230 g/mol. The van der Waals surface area contributed by atoms with Crippen molar-refractivity contribution in [2.75, 3.05) is 0 Å². The molecule has 2 aromatic carbocycles. The maximum absolute atomic E-state index is 6.02. The van der Waals surface area contributed by atoms with Gasteiger partial charge in [0.05, 0.1) is 0 Å². The number of benzene rings is 2. The molecule has 0 radical (unpaired) electrons. The molecule has 84 valence electrons. The van der Waals surface area contributed by atoms with E-state index in [1.165, 1.54) is 22.2 Å². The van der Waals surface area contributed by atoms with Gasteiger partial charge < -0.3 is 4.57 Å². The van der Waals surface area contributed by atoms with Crippen LogP contribution in [0.5, 0.6) is 0 Å². The summed E-state index contributed by atoms with van der Waals surface area (Å²) in [6.07, 6.45) is 0. The SMILES string of the molecule is Cn1c(-c2ccccc2)cc2cc(Cl)ccc21. The minimum atomic E-state index is 0.780. The molecule has 0 bridgehead atoms. The van der Waals surface area contributed by atoms with Crippen molar-refractivity contribution in [2.45, 2.75) is 0 Å². The Kier molecular flexibility index (Phi) is 2.41. The second kappa shape index (κ2) is 3.94. The lowest BCUT2D eigenvalue weighted by Gasteiger charge is -2.03. The van der Waals surface area contributed by atoms with Gasteiger partial charge in [0.1, 0.15) is 0 Å². The van der Waals surface area contributed by atoms with Gasteiger partial charge in [0, 0.05) is 28.7 Å². The zero-order valence-electron chi connectivity index (χ0n) is 9.52. The Balaban J connectivity index is 2.28. The molecule has 0 saturated heterocycles. The number of aromatic nitrogens is 1. The second-order valence-corrected chi connectivity index (χ2v) is 4.59. The molecule has 0 N–H and O–H groups in total. The number of rotatable bonds is 1. The van der Waals surface area contributed by atoms with E-state index in [2.05, 4.69) is 48.0 Å². The molecule has 3 rings (SSSR count). The minimum Gasteiger partial charge on any atom is -0.344 e. The Morgan fingerprint density at radius 3 is 2.47 bits per heavy atom. The molecule has 17 heavy (non-hydrogen) atoms. The number of fused-ring (bicyclic) bond motifs is 1. The average Bonchev–Trinajstić information content (AvgIpc) is 2.67. The van der Waals surface area contributed by atoms with Crippen LogP contribution in [0.1, 0.15) is 0 Å². The molecule has 0 aliphatic heterocycles. The van der Waals surface area contributed by atoms with Crippen LogP contribution in [0.2, 0.25) is 5.02 Å². The highest BCUT2D eigenvalue weighted by Gasteiger charge is 2.07. The summed E-state index contributed by atoms with van der Waals surface area (Å²) in [5, 5.41) is 1.96. The molecule has 0 saturated carbocycles. The normalized spacial score (nSPS) is 10.9. The Morgan fingerprint density at radius 2 is 1.71 bits per heavy atom. The van der Waals surface area contributed by atoms with Crippen molar-refractivity contribution in [1.29, 1.82) is 0 Å². The summed E-state index contributed by atoms with van der Waals surface area (Å²) in [5.41, 5.74) is 3.64. The Bertz CT molecular complexity index is 668. The third kappa shape index (κ3) is 1.73. The van der Waals surface area contributed by atoms with Crippen molar-refractivity contribution in [1.82, 2.24) is 4.57 Å². The molecule has 0 atom stereocenters. The number of aryl methyl sites for hydroxylation is 1. The maximum atomic E-state index is 6.02. The molecule has 0 aliphatic rings. The van der Waals surface area contributed by atoms with Crippen molar-refractivity contribution < 1.29 is 0 Å². The van der Waals surface area contributed by atoms with Crippen LogP contribution in [0.15, 0.2) is 54.6 Å². The van der Waals surface area contributed by atoms with Gasteiger partial charge in [-0.05, 0) is 29.8 Å². The van der Waals surface area contributed by atoms with E-state index in [0.29, 0.717) is 0 Å². The number of halogens is 1. The quantitative estimate of drug-likeness (QED) is 0.591. The van der Waals surface area contributed by atoms with Gasteiger partial charge in [0.15, 0.2) is 0 Å². The highest BCUT2D eigenvalue weighted by molar-refractivity contribution is 6.31. The summed E-state index contributed by atoms with van der Waals surface area (Å²) in [6.45, 7) is 0. The number of hydrogen-bond acceptors (Lipinski definition) is 0. The zero-order valence-corrected chi connectivity index (χ0v) is 10.3. The third-order valence-corrected chi connectivity index (χ3v) is 3.31. The van der Waals surface area contributed by atoms with E-state index >= 15 is 0 Å². The smallest absolute Gasteiger partial charge is 0.0488 e. The van der Waals surface area contributed by atoms with E-state index in [0.717, 1.165) is 5.02 Å². The van der Waals surface area contributed by atoms with Gasteiger partial charge >= 0.3 is 0 Å². The second-order valence-electron chi connectivity index (χ2n) is 4.16. The lowest BCUT2D eigenvalue weighted by atomic mass is 10.1. The molecular formula is C15H12ClN. The van der Waals surface area contributed by atoms with Gasteiger partial charge in [0.25, 0.3) is 0 Å². The Hall–Kier alpha value is -1.73. The monoisotopic (exact) mass is 241 g/mol. The van der Waals surface area contributed by atoms with Gasteiger partial charge in [-0.25, -0.2) is 0 Å². The largest absolute Gasteiger partial charge is 0.344 e. The first-order chi connectivity index (χ1) is 8.25. The molecule has 1 nitrogen and oxygen atoms in total. The standard InChI is InChI=1S/C15H12ClN/c1-17-14-8-7-13(16)9-12(14)10-15(17)11-5-3-2-4-6-11/h2-10H,1H3. The van der Waals surface area contributed by atoms with Gasteiger partial charge in [-0.3, -0.25) is 0 Å². The van der Waals surface area contributed by atoms with Crippen molar-refractivity contribution in [3.05, 3.63) is 59.6 Å². The summed E-state index contributed by atoms with van der Waals surface area (Å²) in [4.78, 5) is 0. The van der Waals surface area contributed by atoms with Gasteiger partial charge in [0.2, 0.25) is 0 Å². The van der Waals surface area contributed by atoms with Crippen molar-refractivity contribution in [2.24, 2.45) is 7.05 Å². The van der Waals surface area contributed by atoms with Crippen LogP contribution in [0, 0.1) is 0 Å². The highest BCUT2D eigenvalue weighted by Crippen LogP contribution is 2.28. The van der Waals surface area contributed by atoms with Crippen LogP contribution < -0.4 is 0 Å². The fourth-order valence-electron chi connectivity index (χ4n) is 2.21. The van der Waals surface area contributed by atoms with E-state index in [9.17, 15) is 0 Å². The van der Waals surface area contributed by atoms with E-state index in [1.54, 1.807) is 0 Å². The van der Waals surface area contributed by atoms with E-state index < -0.39 is 0 Å². The molecule has 0 aliphatic carbocycles. The average molecular weight is 242 g/mol. The van der Waals surface area contributed by atoms with Crippen molar-refractivity contribution in [3.8, 4) is 11.3 Å². The van der Waals surface area contributed by atoms with Crippen molar-refractivity contribution in [3.63, 3.8) is 0 Å². The summed E-state index contributed by atoms with van der Waals surface area (Å²) < 4.78 is 2.20. The van der Waals surface area contributed by atoms with Crippen LogP contribution in [-0.2, 0) is 7.05 Å². The molecule has 0 unspecified atom stereocenters. The van der Waals surface area contributed by atoms with Crippen LogP contribution in [-0.4, -0.2) is 4.57 Å². The predicted molar refractivity (Wildman–Crippen MR) is 73.4 cm³/mol. The molecule has 1 aromatic heterocycles. The zero-order chi connectivity index (χ0) is 11.8. The van der Waals surface area contributed by atoms with Crippen LogP contribution in [0.4, 0.5) is 0 Å². The summed E-state index contributed by atoms with van der Waals surface area (Å²) in [6, 6.07) is 18.6. The molecule has 0 amide bonds. The van der Waals surface area contributed by atoms with E-state index in [1.807, 2.05) is 18.2 Å². The molecule has 3 aromatic rings. The first-order valence-electron chi connectivity index (χ1n) is 5.56. The summed E-state index contributed by atoms with van der Waals surface area (Å²) >= 11 is 6.02. The summed E-state index contributed by atoms with van der Waals surface area (Å²) in [7, 11) is 2.08. The first-order valence-corrected chi connectivity index (χ1v) is 5.94. The van der Waals surface area contributed by atoms with Crippen molar-refractivity contribution >= 4 is 22.5 Å². The molecule has 1 heterocycles. The maximum Gasteiger partial charge on any atom is 0.0488 e. The number of hydrogen-bond donors (Lipinski definition) is 0. The number of nitrogens with zero attached hydrogens (tertiary/aromatic N) is 1. The van der Waals surface area contributed by atoms with Crippen LogP contribution >= 0.6 is 11.6 Å². The molecule has 0 fully saturated rings. The summed E-state index contributed by atoms with van der Waals surface area (Å²) in [5.74, 6) is 0. The lowest BCUT2D eigenvalue weighted by Crippen LogP contribution is -1.90. The van der Waals surface area contributed by atoms with Gasteiger partial charge in [-0.15, -0.1) is 0 Å². The third-order valence-electron chi connectivity index (χ3n) is 3.07. The van der Waals surface area contributed by atoms with E-state index in [4.69, 9.17) is 11.6 Å². The Morgan fingerprint density at radius 1 is 0.941 bits per heavy atom.